The van der Waals surface area contributed by atoms with E-state index in [1.807, 2.05) is 0 Å². The standard InChI is InChI=1S/C10H19ClN2O/c1-8(5-11)6-13-4-3-10(7-13)12-9(2)14/h8,10H,3-7H2,1-2H3,(H,12,14). The molecule has 1 saturated heterocycles. The van der Waals surface area contributed by atoms with E-state index < -0.39 is 0 Å². The number of hydrogen-bond donors (Lipinski definition) is 1. The van der Waals surface area contributed by atoms with Gasteiger partial charge in [0, 0.05) is 38.5 Å². The van der Waals surface area contributed by atoms with Crippen LogP contribution in [0, 0.1) is 5.92 Å². The van der Waals surface area contributed by atoms with Crippen molar-refractivity contribution in [1.82, 2.24) is 10.2 Å². The zero-order valence-electron chi connectivity index (χ0n) is 8.92. The van der Waals surface area contributed by atoms with E-state index in [4.69, 9.17) is 11.6 Å². The Morgan fingerprint density at radius 2 is 2.43 bits per heavy atom. The van der Waals surface area contributed by atoms with E-state index in [-0.39, 0.29) is 5.91 Å². The van der Waals surface area contributed by atoms with Crippen molar-refractivity contribution in [2.45, 2.75) is 26.3 Å². The van der Waals surface area contributed by atoms with Crippen LogP contribution in [0.3, 0.4) is 0 Å². The topological polar surface area (TPSA) is 32.3 Å². The molecule has 0 aliphatic carbocycles. The number of rotatable bonds is 4. The van der Waals surface area contributed by atoms with Crippen LogP contribution < -0.4 is 5.32 Å². The van der Waals surface area contributed by atoms with Crippen molar-refractivity contribution in [3.05, 3.63) is 0 Å². The highest BCUT2D eigenvalue weighted by molar-refractivity contribution is 6.18. The highest BCUT2D eigenvalue weighted by Gasteiger charge is 2.23. The van der Waals surface area contributed by atoms with Gasteiger partial charge in [0.15, 0.2) is 0 Å². The summed E-state index contributed by atoms with van der Waals surface area (Å²) in [6, 6.07) is 0.343. The van der Waals surface area contributed by atoms with Gasteiger partial charge in [0.2, 0.25) is 5.91 Å². The summed E-state index contributed by atoms with van der Waals surface area (Å²) >= 11 is 5.75. The van der Waals surface area contributed by atoms with Crippen LogP contribution in [0.25, 0.3) is 0 Å². The van der Waals surface area contributed by atoms with Crippen molar-refractivity contribution in [1.29, 1.82) is 0 Å². The maximum absolute atomic E-state index is 10.8. The lowest BCUT2D eigenvalue weighted by Gasteiger charge is -2.19. The summed E-state index contributed by atoms with van der Waals surface area (Å²) in [6.07, 6.45) is 1.06. The van der Waals surface area contributed by atoms with Crippen LogP contribution in [-0.4, -0.2) is 42.4 Å². The molecule has 0 aromatic carbocycles. The van der Waals surface area contributed by atoms with E-state index in [0.29, 0.717) is 17.8 Å². The summed E-state index contributed by atoms with van der Waals surface area (Å²) in [6.45, 7) is 6.81. The molecule has 4 heteroatoms. The Hall–Kier alpha value is -0.280. The lowest BCUT2D eigenvalue weighted by molar-refractivity contribution is -0.119. The van der Waals surface area contributed by atoms with Crippen LogP contribution in [0.1, 0.15) is 20.3 Å². The number of carbonyl (C=O) groups is 1. The summed E-state index contributed by atoms with van der Waals surface area (Å²) in [5.74, 6) is 1.32. The lowest BCUT2D eigenvalue weighted by atomic mass is 10.2. The molecular weight excluding hydrogens is 200 g/mol. The second-order valence-electron chi connectivity index (χ2n) is 4.21. The fraction of sp³-hybridized carbons (Fsp3) is 0.900. The molecule has 1 N–H and O–H groups in total. The zero-order valence-corrected chi connectivity index (χ0v) is 9.68. The van der Waals surface area contributed by atoms with E-state index in [2.05, 4.69) is 17.1 Å². The van der Waals surface area contributed by atoms with Gasteiger partial charge < -0.3 is 10.2 Å². The first kappa shape index (κ1) is 11.8. The molecule has 0 aromatic heterocycles. The number of alkyl halides is 1. The number of amides is 1. The normalized spacial score (nSPS) is 24.9. The van der Waals surface area contributed by atoms with E-state index in [0.717, 1.165) is 26.1 Å². The molecule has 1 heterocycles. The number of likely N-dealkylation sites (tertiary alicyclic amines) is 1. The second-order valence-corrected chi connectivity index (χ2v) is 4.51. The maximum Gasteiger partial charge on any atom is 0.217 e. The van der Waals surface area contributed by atoms with E-state index >= 15 is 0 Å². The molecule has 0 saturated carbocycles. The first-order valence-corrected chi connectivity index (χ1v) is 5.70. The van der Waals surface area contributed by atoms with Gasteiger partial charge in [-0.3, -0.25) is 4.79 Å². The highest BCUT2D eigenvalue weighted by atomic mass is 35.5. The van der Waals surface area contributed by atoms with Gasteiger partial charge in [-0.05, 0) is 12.3 Å². The third-order valence-corrected chi connectivity index (χ3v) is 3.04. The van der Waals surface area contributed by atoms with Crippen molar-refractivity contribution >= 4 is 17.5 Å². The minimum atomic E-state index is 0.0715. The minimum absolute atomic E-state index is 0.0715. The number of hydrogen-bond acceptors (Lipinski definition) is 2. The monoisotopic (exact) mass is 218 g/mol. The van der Waals surface area contributed by atoms with E-state index in [1.54, 1.807) is 6.92 Å². The SMILES string of the molecule is CC(=O)NC1CCN(CC(C)CCl)C1. The Bertz CT molecular complexity index is 199. The summed E-state index contributed by atoms with van der Waals surface area (Å²) in [5.41, 5.74) is 0. The Morgan fingerprint density at radius 1 is 1.71 bits per heavy atom. The van der Waals surface area contributed by atoms with Crippen molar-refractivity contribution in [3.8, 4) is 0 Å². The summed E-state index contributed by atoms with van der Waals surface area (Å²) < 4.78 is 0. The quantitative estimate of drug-likeness (QED) is 0.717. The van der Waals surface area contributed by atoms with Crippen LogP contribution in [0.5, 0.6) is 0 Å². The number of carbonyl (C=O) groups excluding carboxylic acids is 1. The van der Waals surface area contributed by atoms with Crippen LogP contribution in [0.4, 0.5) is 0 Å². The fourth-order valence-electron chi connectivity index (χ4n) is 1.89. The van der Waals surface area contributed by atoms with Crippen LogP contribution in [0.15, 0.2) is 0 Å². The Labute approximate surface area is 90.8 Å². The molecule has 2 atom stereocenters. The Balaban J connectivity index is 2.23. The highest BCUT2D eigenvalue weighted by Crippen LogP contribution is 2.12. The first-order chi connectivity index (χ1) is 6.61. The molecule has 0 aromatic rings. The molecule has 1 rings (SSSR count). The summed E-state index contributed by atoms with van der Waals surface area (Å²) in [7, 11) is 0. The second kappa shape index (κ2) is 5.56. The smallest absolute Gasteiger partial charge is 0.217 e. The summed E-state index contributed by atoms with van der Waals surface area (Å²) in [4.78, 5) is 13.2. The average molecular weight is 219 g/mol. The molecular formula is C10H19ClN2O. The van der Waals surface area contributed by atoms with Crippen molar-refractivity contribution in [2.75, 3.05) is 25.5 Å². The van der Waals surface area contributed by atoms with Gasteiger partial charge in [-0.2, -0.15) is 0 Å². The van der Waals surface area contributed by atoms with Gasteiger partial charge in [0.05, 0.1) is 0 Å². The van der Waals surface area contributed by atoms with Gasteiger partial charge >= 0.3 is 0 Å². The van der Waals surface area contributed by atoms with Crippen molar-refractivity contribution < 1.29 is 4.79 Å². The molecule has 2 unspecified atom stereocenters. The molecule has 0 bridgehead atoms. The first-order valence-electron chi connectivity index (χ1n) is 5.17. The molecule has 3 nitrogen and oxygen atoms in total. The third kappa shape index (κ3) is 3.84. The van der Waals surface area contributed by atoms with Crippen LogP contribution >= 0.6 is 11.6 Å². The van der Waals surface area contributed by atoms with Crippen molar-refractivity contribution in [3.63, 3.8) is 0 Å². The number of nitrogens with zero attached hydrogens (tertiary/aromatic N) is 1. The predicted octanol–water partition coefficient (Wildman–Crippen LogP) is 1.07. The largest absolute Gasteiger partial charge is 0.352 e. The van der Waals surface area contributed by atoms with E-state index in [1.165, 1.54) is 0 Å². The average Bonchev–Trinajstić information content (AvgIpc) is 2.51. The Morgan fingerprint density at radius 3 is 3.00 bits per heavy atom. The van der Waals surface area contributed by atoms with Gasteiger partial charge in [-0.1, -0.05) is 6.92 Å². The van der Waals surface area contributed by atoms with Crippen LogP contribution in [-0.2, 0) is 4.79 Å². The predicted molar refractivity (Wildman–Crippen MR) is 58.5 cm³/mol. The molecule has 82 valence electrons. The number of halogens is 1. The van der Waals surface area contributed by atoms with Crippen molar-refractivity contribution in [2.24, 2.45) is 5.92 Å². The molecule has 0 radical (unpaired) electrons. The minimum Gasteiger partial charge on any atom is -0.352 e. The summed E-state index contributed by atoms with van der Waals surface area (Å²) in [5, 5.41) is 2.95. The van der Waals surface area contributed by atoms with Gasteiger partial charge in [0.1, 0.15) is 0 Å². The molecule has 14 heavy (non-hydrogen) atoms. The maximum atomic E-state index is 10.8. The zero-order chi connectivity index (χ0) is 10.6. The number of nitrogens with one attached hydrogen (secondary N) is 1. The molecule has 1 aliphatic heterocycles. The fourth-order valence-corrected chi connectivity index (χ4v) is 1.99. The molecule has 1 aliphatic rings. The van der Waals surface area contributed by atoms with Gasteiger partial charge in [-0.15, -0.1) is 11.6 Å². The van der Waals surface area contributed by atoms with Gasteiger partial charge in [-0.25, -0.2) is 0 Å². The van der Waals surface area contributed by atoms with Crippen LogP contribution in [0.2, 0.25) is 0 Å². The molecule has 1 amide bonds. The lowest BCUT2D eigenvalue weighted by Crippen LogP contribution is -2.36. The van der Waals surface area contributed by atoms with Gasteiger partial charge in [0.25, 0.3) is 0 Å². The molecule has 1 fully saturated rings. The Kier molecular flexibility index (Phi) is 4.69. The molecule has 0 spiro atoms. The van der Waals surface area contributed by atoms with E-state index in [9.17, 15) is 4.79 Å². The third-order valence-electron chi connectivity index (χ3n) is 2.51.